The predicted molar refractivity (Wildman–Crippen MR) is 316 cm³/mol. The first-order valence-electron chi connectivity index (χ1n) is 28.3. The monoisotopic (exact) mass is 1190 g/mol. The molecule has 0 bridgehead atoms. The fourth-order valence-electron chi connectivity index (χ4n) is 9.96. The number of aliphatic hydroxyl groups is 2. The van der Waals surface area contributed by atoms with Gasteiger partial charge in [0.25, 0.3) is 0 Å². The summed E-state index contributed by atoms with van der Waals surface area (Å²) in [5.74, 6) is -1.48. The molecule has 0 radical (unpaired) electrons. The van der Waals surface area contributed by atoms with Crippen molar-refractivity contribution in [2.24, 2.45) is 5.73 Å². The van der Waals surface area contributed by atoms with E-state index in [1.165, 1.54) is 29.2 Å². The summed E-state index contributed by atoms with van der Waals surface area (Å²) in [6.07, 6.45) is -8.68. The van der Waals surface area contributed by atoms with Gasteiger partial charge in [0.1, 0.15) is 41.0 Å². The van der Waals surface area contributed by atoms with Crippen LogP contribution in [0.25, 0.3) is 0 Å². The highest BCUT2D eigenvalue weighted by Crippen LogP contribution is 2.26. The van der Waals surface area contributed by atoms with Gasteiger partial charge in [-0.25, -0.2) is 18.4 Å². The fraction of sp³-hybridized carbons (Fsp3) is 0.379. The maximum Gasteiger partial charge on any atom is 0.446 e. The Hall–Kier alpha value is -8.04. The Kier molecular flexibility index (Phi) is 24.1. The molecule has 0 aromatic heterocycles. The second-order valence-electron chi connectivity index (χ2n) is 23.3. The summed E-state index contributed by atoms with van der Waals surface area (Å²) in [6, 6.07) is 44.1. The summed E-state index contributed by atoms with van der Waals surface area (Å²) in [5.41, 5.74) is 11.4. The first kappa shape index (κ1) is 67.1. The van der Waals surface area contributed by atoms with Crippen molar-refractivity contribution in [2.75, 3.05) is 26.2 Å². The van der Waals surface area contributed by atoms with Gasteiger partial charge >= 0.3 is 18.4 Å². The first-order chi connectivity index (χ1) is 40.6. The number of amides is 4. The normalized spacial score (nSPS) is 16.9. The van der Waals surface area contributed by atoms with Crippen LogP contribution >= 0.6 is 0 Å². The Morgan fingerprint density at radius 2 is 1.02 bits per heavy atom. The van der Waals surface area contributed by atoms with E-state index in [0.717, 1.165) is 27.8 Å². The SMILES string of the molecule is CC(C)(C)OC(=O)N[C@@H](Cc1cc(F)cc(Cc2ccccc2)c1)C(O)C1C(=O)N(Cc2ccccc2)CCN1C(=O)OC(C)(C)C.N[C@@H](Cc1cc(F)cc(Cc2ccccc2)c1)C(O)C1NCCN(Cc2ccccc2)C1=O.O=CC(F)(F)F. The van der Waals surface area contributed by atoms with Gasteiger partial charge in [-0.2, -0.15) is 13.2 Å². The number of benzene rings is 6. The highest BCUT2D eigenvalue weighted by Gasteiger charge is 2.47. The molecule has 6 aromatic carbocycles. The van der Waals surface area contributed by atoms with E-state index in [1.54, 1.807) is 51.3 Å². The first-order valence-corrected chi connectivity index (χ1v) is 28.3. The molecular weight excluding hydrogens is 1120 g/mol. The molecular formula is C66H77F5N6O9. The quantitative estimate of drug-likeness (QED) is 0.0430. The minimum atomic E-state index is -4.64. The van der Waals surface area contributed by atoms with Crippen LogP contribution in [-0.4, -0.2) is 135 Å². The topological polar surface area (TPSA) is 204 Å². The standard InChI is InChI=1S/C37H46FN3O6.C27H30FN3O2.C2HF3O/c1-36(2,3)46-34(44)39-30(23-28-20-27(21-29(38)22-28)19-25-13-9-7-10-14-25)32(42)31-33(43)40(24-26-15-11-8-12-16-26)17-18-41(31)35(45)47-37(4,5)6;28-23-15-21(13-19-7-3-1-4-8-19)14-22(16-23)17-24(29)26(32)25-27(33)31(12-11-30-25)18-20-9-5-2-6-10-20;3-2(4,5)1-6/h7-16,20-22,30-32,42H,17-19,23-24H2,1-6H3,(H,39,44);1-10,14-16,24-26,30,32H,11-13,17-18,29H2;1H/t30-,31?,32?;24-,25?,26?;/m00./s1. The average Bonchev–Trinajstić information content (AvgIpc) is 1.13. The van der Waals surface area contributed by atoms with Gasteiger partial charge in [0.15, 0.2) is 0 Å². The second kappa shape index (κ2) is 30.9. The third-order valence-electron chi connectivity index (χ3n) is 13.7. The third-order valence-corrected chi connectivity index (χ3v) is 13.7. The van der Waals surface area contributed by atoms with Gasteiger partial charge in [-0.05, 0) is 136 Å². The lowest BCUT2D eigenvalue weighted by Gasteiger charge is -2.44. The number of carbonyl (C=O) groups is 5. The van der Waals surface area contributed by atoms with Crippen LogP contribution in [-0.2, 0) is 62.6 Å². The molecule has 2 aliphatic heterocycles. The van der Waals surface area contributed by atoms with Crippen LogP contribution < -0.4 is 16.4 Å². The molecule has 6 atom stereocenters. The van der Waals surface area contributed by atoms with Crippen LogP contribution in [0.2, 0.25) is 0 Å². The number of aliphatic hydroxyl groups excluding tert-OH is 2. The van der Waals surface area contributed by atoms with Gasteiger partial charge in [-0.1, -0.05) is 133 Å². The molecule has 460 valence electrons. The van der Waals surface area contributed by atoms with Crippen molar-refractivity contribution in [3.8, 4) is 0 Å². The van der Waals surface area contributed by atoms with Crippen LogP contribution in [0.5, 0.6) is 0 Å². The van der Waals surface area contributed by atoms with Gasteiger partial charge in [-0.15, -0.1) is 0 Å². The van der Waals surface area contributed by atoms with Crippen LogP contribution in [0, 0.1) is 11.6 Å². The van der Waals surface area contributed by atoms with Gasteiger partial charge in [0.05, 0.1) is 12.1 Å². The second-order valence-corrected chi connectivity index (χ2v) is 23.3. The molecule has 2 aliphatic rings. The number of nitrogens with two attached hydrogens (primary N) is 1. The number of piperazine rings is 2. The number of rotatable bonds is 17. The van der Waals surface area contributed by atoms with Gasteiger partial charge in [0, 0.05) is 45.3 Å². The zero-order chi connectivity index (χ0) is 62.8. The third kappa shape index (κ3) is 21.8. The molecule has 0 spiro atoms. The van der Waals surface area contributed by atoms with E-state index in [4.69, 9.17) is 20.0 Å². The summed E-state index contributed by atoms with van der Waals surface area (Å²) in [5, 5.41) is 28.8. The molecule has 4 unspecified atom stereocenters. The van der Waals surface area contributed by atoms with E-state index < -0.39 is 84.0 Å². The maximum atomic E-state index is 15.0. The molecule has 2 saturated heterocycles. The van der Waals surface area contributed by atoms with Crippen molar-refractivity contribution in [3.05, 3.63) is 214 Å². The van der Waals surface area contributed by atoms with E-state index >= 15 is 0 Å². The summed E-state index contributed by atoms with van der Waals surface area (Å²) < 4.78 is 71.6. The zero-order valence-electron chi connectivity index (χ0n) is 49.2. The number of alkyl halides is 3. The van der Waals surface area contributed by atoms with Crippen molar-refractivity contribution >= 4 is 30.3 Å². The average molecular weight is 1190 g/mol. The van der Waals surface area contributed by atoms with Crippen LogP contribution in [0.3, 0.4) is 0 Å². The molecule has 0 saturated carbocycles. The minimum Gasteiger partial charge on any atom is -0.444 e. The van der Waals surface area contributed by atoms with E-state index in [0.29, 0.717) is 49.2 Å². The van der Waals surface area contributed by atoms with Gasteiger partial charge < -0.3 is 45.9 Å². The Labute approximate surface area is 499 Å². The van der Waals surface area contributed by atoms with Crippen molar-refractivity contribution in [3.63, 3.8) is 0 Å². The van der Waals surface area contributed by atoms with Crippen LogP contribution in [0.15, 0.2) is 158 Å². The Morgan fingerprint density at radius 3 is 1.47 bits per heavy atom. The van der Waals surface area contributed by atoms with Crippen molar-refractivity contribution in [1.82, 2.24) is 25.3 Å². The summed E-state index contributed by atoms with van der Waals surface area (Å²) in [4.78, 5) is 67.0. The van der Waals surface area contributed by atoms with Crippen molar-refractivity contribution < 1.29 is 65.6 Å². The minimum absolute atomic E-state index is 0.0510. The molecule has 6 aromatic rings. The van der Waals surface area contributed by atoms with E-state index in [1.807, 2.05) is 133 Å². The molecule has 4 amide bonds. The number of hydrogen-bond acceptors (Lipinski definition) is 11. The van der Waals surface area contributed by atoms with Gasteiger partial charge in [-0.3, -0.25) is 19.3 Å². The highest BCUT2D eigenvalue weighted by atomic mass is 19.4. The number of aldehydes is 1. The number of hydrogen-bond donors (Lipinski definition) is 5. The van der Waals surface area contributed by atoms with Gasteiger partial charge in [0.2, 0.25) is 18.1 Å². The Morgan fingerprint density at radius 1 is 0.605 bits per heavy atom. The van der Waals surface area contributed by atoms with E-state index in [-0.39, 0.29) is 44.2 Å². The predicted octanol–water partition coefficient (Wildman–Crippen LogP) is 9.26. The number of ether oxygens (including phenoxy) is 2. The Balaban J connectivity index is 0.000000263. The lowest BCUT2D eigenvalue weighted by atomic mass is 9.92. The highest BCUT2D eigenvalue weighted by molar-refractivity contribution is 5.88. The summed E-state index contributed by atoms with van der Waals surface area (Å²) in [6.45, 7) is 12.5. The maximum absolute atomic E-state index is 15.0. The summed E-state index contributed by atoms with van der Waals surface area (Å²) in [7, 11) is 0. The molecule has 86 heavy (non-hydrogen) atoms. The molecule has 2 heterocycles. The molecule has 20 heteroatoms. The lowest BCUT2D eigenvalue weighted by molar-refractivity contribution is -0.156. The van der Waals surface area contributed by atoms with Crippen molar-refractivity contribution in [2.45, 2.75) is 134 Å². The zero-order valence-corrected chi connectivity index (χ0v) is 49.2. The smallest absolute Gasteiger partial charge is 0.444 e. The van der Waals surface area contributed by atoms with E-state index in [9.17, 15) is 51.3 Å². The van der Waals surface area contributed by atoms with Crippen molar-refractivity contribution in [1.29, 1.82) is 0 Å². The molecule has 0 aliphatic carbocycles. The molecule has 8 rings (SSSR count). The number of nitrogens with zero attached hydrogens (tertiary/aromatic N) is 3. The van der Waals surface area contributed by atoms with Crippen LogP contribution in [0.4, 0.5) is 31.5 Å². The number of nitrogens with one attached hydrogen (secondary N) is 2. The Bertz CT molecular complexity index is 3150. The van der Waals surface area contributed by atoms with Crippen LogP contribution in [0.1, 0.15) is 86.1 Å². The molecule has 6 N–H and O–H groups in total. The molecule has 15 nitrogen and oxygen atoms in total. The van der Waals surface area contributed by atoms with E-state index in [2.05, 4.69) is 10.6 Å². The largest absolute Gasteiger partial charge is 0.446 e. The number of alkyl carbamates (subject to hydrolysis) is 1. The fourth-order valence-corrected chi connectivity index (χ4v) is 9.96. The number of carbonyl (C=O) groups excluding carboxylic acids is 5. The lowest BCUT2D eigenvalue weighted by Crippen LogP contribution is -2.66. The number of halogens is 5. The molecule has 2 fully saturated rings. The summed E-state index contributed by atoms with van der Waals surface area (Å²) >= 11 is 0.